The van der Waals surface area contributed by atoms with Crippen LogP contribution in [-0.2, 0) is 0 Å². The first-order valence-electron chi connectivity index (χ1n) is 6.38. The Labute approximate surface area is 122 Å². The first-order chi connectivity index (χ1) is 9.06. The van der Waals surface area contributed by atoms with Crippen LogP contribution in [0.3, 0.4) is 0 Å². The molecule has 0 heterocycles. The van der Waals surface area contributed by atoms with E-state index in [1.54, 1.807) is 12.1 Å². The Bertz CT molecular complexity index is 450. The summed E-state index contributed by atoms with van der Waals surface area (Å²) in [6.07, 6.45) is 5.62. The standard InChI is InChI=1S/C13H17Cl2N3O/c14-8-6-10(15)12(11(16)7-8)18-13(19)17-9-4-2-1-3-5-9/h6-7,9H,1-5,16H2,(H2,17,18,19). The third-order valence-corrected chi connectivity index (χ3v) is 3.78. The molecule has 2 rings (SSSR count). The molecule has 0 atom stereocenters. The van der Waals surface area contributed by atoms with Gasteiger partial charge in [0.25, 0.3) is 0 Å². The van der Waals surface area contributed by atoms with Crippen LogP contribution in [0.5, 0.6) is 0 Å². The fourth-order valence-corrected chi connectivity index (χ4v) is 2.86. The van der Waals surface area contributed by atoms with Gasteiger partial charge in [0.2, 0.25) is 0 Å². The van der Waals surface area contributed by atoms with E-state index in [1.165, 1.54) is 6.42 Å². The van der Waals surface area contributed by atoms with E-state index in [1.807, 2.05) is 0 Å². The van der Waals surface area contributed by atoms with Crippen molar-refractivity contribution in [3.63, 3.8) is 0 Å². The Morgan fingerprint density at radius 3 is 2.53 bits per heavy atom. The number of anilines is 2. The monoisotopic (exact) mass is 301 g/mol. The summed E-state index contributed by atoms with van der Waals surface area (Å²) in [6.45, 7) is 0. The molecule has 4 N–H and O–H groups in total. The summed E-state index contributed by atoms with van der Waals surface area (Å²) >= 11 is 11.8. The summed E-state index contributed by atoms with van der Waals surface area (Å²) in [5, 5.41) is 6.41. The van der Waals surface area contributed by atoms with Gasteiger partial charge in [0, 0.05) is 11.1 Å². The lowest BCUT2D eigenvalue weighted by Gasteiger charge is -2.23. The molecule has 0 saturated heterocycles. The van der Waals surface area contributed by atoms with Crippen molar-refractivity contribution in [2.24, 2.45) is 0 Å². The van der Waals surface area contributed by atoms with Crippen LogP contribution in [0.25, 0.3) is 0 Å². The number of benzene rings is 1. The molecule has 1 aliphatic carbocycles. The molecule has 104 valence electrons. The van der Waals surface area contributed by atoms with Gasteiger partial charge in [-0.25, -0.2) is 4.79 Å². The smallest absolute Gasteiger partial charge is 0.319 e. The van der Waals surface area contributed by atoms with Gasteiger partial charge in [0.1, 0.15) is 0 Å². The summed E-state index contributed by atoms with van der Waals surface area (Å²) in [4.78, 5) is 11.9. The van der Waals surface area contributed by atoms with E-state index in [9.17, 15) is 4.79 Å². The number of hydrogen-bond acceptors (Lipinski definition) is 2. The third-order valence-electron chi connectivity index (χ3n) is 3.26. The second-order valence-corrected chi connectivity index (χ2v) is 5.63. The van der Waals surface area contributed by atoms with E-state index in [0.717, 1.165) is 25.7 Å². The van der Waals surface area contributed by atoms with Gasteiger partial charge in [-0.05, 0) is 25.0 Å². The lowest BCUT2D eigenvalue weighted by molar-refractivity contribution is 0.244. The summed E-state index contributed by atoms with van der Waals surface area (Å²) in [6, 6.07) is 3.07. The van der Waals surface area contributed by atoms with E-state index in [2.05, 4.69) is 10.6 Å². The number of carbonyl (C=O) groups excluding carboxylic acids is 1. The second-order valence-electron chi connectivity index (χ2n) is 4.79. The zero-order valence-electron chi connectivity index (χ0n) is 10.5. The molecule has 1 fully saturated rings. The van der Waals surface area contributed by atoms with E-state index < -0.39 is 0 Å². The number of urea groups is 1. The van der Waals surface area contributed by atoms with Gasteiger partial charge in [-0.3, -0.25) is 0 Å². The fraction of sp³-hybridized carbons (Fsp3) is 0.462. The molecule has 1 aliphatic rings. The van der Waals surface area contributed by atoms with Crippen LogP contribution in [-0.4, -0.2) is 12.1 Å². The lowest BCUT2D eigenvalue weighted by Crippen LogP contribution is -2.39. The van der Waals surface area contributed by atoms with Crippen molar-refractivity contribution in [1.82, 2.24) is 5.32 Å². The third kappa shape index (κ3) is 3.91. The average Bonchev–Trinajstić information content (AvgIpc) is 2.35. The van der Waals surface area contributed by atoms with Crippen LogP contribution in [0.1, 0.15) is 32.1 Å². The van der Waals surface area contributed by atoms with Crippen molar-refractivity contribution < 1.29 is 4.79 Å². The Hall–Kier alpha value is -1.13. The van der Waals surface area contributed by atoms with Gasteiger partial charge in [0.05, 0.1) is 16.4 Å². The average molecular weight is 302 g/mol. The number of nitrogen functional groups attached to an aromatic ring is 1. The molecule has 0 bridgehead atoms. The van der Waals surface area contributed by atoms with Gasteiger partial charge in [-0.2, -0.15) is 0 Å². The van der Waals surface area contributed by atoms with Gasteiger partial charge in [-0.1, -0.05) is 42.5 Å². The van der Waals surface area contributed by atoms with Crippen LogP contribution in [0.4, 0.5) is 16.2 Å². The molecular weight excluding hydrogens is 285 g/mol. The minimum atomic E-state index is -0.275. The molecule has 2 amide bonds. The Morgan fingerprint density at radius 2 is 1.89 bits per heavy atom. The highest BCUT2D eigenvalue weighted by Gasteiger charge is 2.17. The Kier molecular flexibility index (Phi) is 4.77. The largest absolute Gasteiger partial charge is 0.397 e. The summed E-state index contributed by atoms with van der Waals surface area (Å²) < 4.78 is 0. The van der Waals surface area contributed by atoms with Crippen molar-refractivity contribution in [2.75, 3.05) is 11.1 Å². The SMILES string of the molecule is Nc1cc(Cl)cc(Cl)c1NC(=O)NC1CCCCC1. The number of carbonyl (C=O) groups is 1. The van der Waals surface area contributed by atoms with Gasteiger partial charge < -0.3 is 16.4 Å². The normalized spacial score (nSPS) is 16.1. The number of amides is 2. The van der Waals surface area contributed by atoms with Crippen LogP contribution in [0, 0.1) is 0 Å². The first kappa shape index (κ1) is 14.3. The maximum atomic E-state index is 11.9. The number of halogens is 2. The number of rotatable bonds is 2. The molecule has 1 saturated carbocycles. The minimum Gasteiger partial charge on any atom is -0.397 e. The van der Waals surface area contributed by atoms with Crippen LogP contribution in [0.2, 0.25) is 10.0 Å². The maximum absolute atomic E-state index is 11.9. The van der Waals surface area contributed by atoms with Crippen molar-refractivity contribution in [3.8, 4) is 0 Å². The Morgan fingerprint density at radius 1 is 1.21 bits per heavy atom. The molecule has 19 heavy (non-hydrogen) atoms. The van der Waals surface area contributed by atoms with Crippen molar-refractivity contribution in [3.05, 3.63) is 22.2 Å². The quantitative estimate of drug-likeness (QED) is 0.722. The maximum Gasteiger partial charge on any atom is 0.319 e. The fourth-order valence-electron chi connectivity index (χ4n) is 2.31. The van der Waals surface area contributed by atoms with Gasteiger partial charge >= 0.3 is 6.03 Å². The molecule has 0 aromatic heterocycles. The highest BCUT2D eigenvalue weighted by Crippen LogP contribution is 2.32. The molecule has 1 aromatic carbocycles. The molecule has 0 spiro atoms. The van der Waals surface area contributed by atoms with Crippen LogP contribution in [0.15, 0.2) is 12.1 Å². The topological polar surface area (TPSA) is 67.1 Å². The van der Waals surface area contributed by atoms with Crippen molar-refractivity contribution in [2.45, 2.75) is 38.1 Å². The number of nitrogens with one attached hydrogen (secondary N) is 2. The molecule has 0 aliphatic heterocycles. The lowest BCUT2D eigenvalue weighted by atomic mass is 9.96. The van der Waals surface area contributed by atoms with Crippen LogP contribution >= 0.6 is 23.2 Å². The Balaban J connectivity index is 1.98. The minimum absolute atomic E-state index is 0.237. The van der Waals surface area contributed by atoms with Crippen LogP contribution < -0.4 is 16.4 Å². The summed E-state index contributed by atoms with van der Waals surface area (Å²) in [5.74, 6) is 0. The predicted octanol–water partition coefficient (Wildman–Crippen LogP) is 4.03. The molecule has 0 radical (unpaired) electrons. The molecule has 4 nitrogen and oxygen atoms in total. The first-order valence-corrected chi connectivity index (χ1v) is 7.14. The highest BCUT2D eigenvalue weighted by atomic mass is 35.5. The molecule has 6 heteroatoms. The predicted molar refractivity (Wildman–Crippen MR) is 79.9 cm³/mol. The van der Waals surface area contributed by atoms with Crippen molar-refractivity contribution in [1.29, 1.82) is 0 Å². The zero-order chi connectivity index (χ0) is 13.8. The van der Waals surface area contributed by atoms with Gasteiger partial charge in [-0.15, -0.1) is 0 Å². The number of hydrogen-bond donors (Lipinski definition) is 3. The summed E-state index contributed by atoms with van der Waals surface area (Å²) in [7, 11) is 0. The van der Waals surface area contributed by atoms with E-state index in [-0.39, 0.29) is 12.1 Å². The second kappa shape index (κ2) is 6.35. The summed E-state index contributed by atoms with van der Waals surface area (Å²) in [5.41, 5.74) is 6.55. The highest BCUT2D eigenvalue weighted by molar-refractivity contribution is 6.37. The van der Waals surface area contributed by atoms with Gasteiger partial charge in [0.15, 0.2) is 0 Å². The molecular formula is C13H17Cl2N3O. The van der Waals surface area contributed by atoms with E-state index >= 15 is 0 Å². The number of nitrogens with two attached hydrogens (primary N) is 1. The molecule has 1 aromatic rings. The van der Waals surface area contributed by atoms with E-state index in [4.69, 9.17) is 28.9 Å². The van der Waals surface area contributed by atoms with Crippen molar-refractivity contribution >= 4 is 40.6 Å². The van der Waals surface area contributed by atoms with E-state index in [0.29, 0.717) is 21.4 Å². The zero-order valence-corrected chi connectivity index (χ0v) is 12.0. The molecule has 0 unspecified atom stereocenters.